The topological polar surface area (TPSA) is 47.6 Å². The molecule has 4 rings (SSSR count). The third-order valence-corrected chi connectivity index (χ3v) is 5.94. The second-order valence-electron chi connectivity index (χ2n) is 8.37. The monoisotopic (exact) mass is 428 g/mol. The molecule has 0 saturated carbocycles. The fourth-order valence-corrected chi connectivity index (χ4v) is 4.03. The van der Waals surface area contributed by atoms with E-state index in [1.54, 1.807) is 0 Å². The van der Waals surface area contributed by atoms with Gasteiger partial charge < -0.3 is 15.5 Å². The van der Waals surface area contributed by atoms with Crippen LogP contribution < -0.4 is 15.5 Å². The van der Waals surface area contributed by atoms with Gasteiger partial charge >= 0.3 is 0 Å². The number of nitrogens with zero attached hydrogens (tertiary/aromatic N) is 2. The van der Waals surface area contributed by atoms with Crippen LogP contribution in [-0.4, -0.2) is 43.0 Å². The van der Waals surface area contributed by atoms with Crippen molar-refractivity contribution in [1.29, 1.82) is 0 Å². The molecule has 0 aliphatic carbocycles. The van der Waals surface area contributed by atoms with E-state index in [2.05, 4.69) is 75.0 Å². The van der Waals surface area contributed by atoms with Gasteiger partial charge in [0.05, 0.1) is 0 Å². The molecule has 32 heavy (non-hydrogen) atoms. The molecule has 3 aromatic carbocycles. The van der Waals surface area contributed by atoms with Crippen molar-refractivity contribution in [3.05, 3.63) is 96.1 Å². The number of rotatable bonds is 8. The molecule has 2 N–H and O–H groups in total. The van der Waals surface area contributed by atoms with E-state index in [9.17, 15) is 4.79 Å². The van der Waals surface area contributed by atoms with Gasteiger partial charge in [-0.25, -0.2) is 0 Å². The zero-order valence-electron chi connectivity index (χ0n) is 18.7. The van der Waals surface area contributed by atoms with E-state index in [0.29, 0.717) is 6.54 Å². The van der Waals surface area contributed by atoms with Crippen LogP contribution in [0.3, 0.4) is 0 Å². The first-order valence-electron chi connectivity index (χ1n) is 11.4. The number of nitrogens with one attached hydrogen (secondary N) is 2. The molecular formula is C27H32N4O. The summed E-state index contributed by atoms with van der Waals surface area (Å²) < 4.78 is 0. The minimum atomic E-state index is -0.300. The maximum Gasteiger partial charge on any atom is 0.242 e. The Kier molecular flexibility index (Phi) is 7.41. The quantitative estimate of drug-likeness (QED) is 0.567. The van der Waals surface area contributed by atoms with E-state index in [1.807, 2.05) is 37.3 Å². The van der Waals surface area contributed by atoms with Crippen LogP contribution in [0, 0.1) is 0 Å². The number of benzene rings is 3. The summed E-state index contributed by atoms with van der Waals surface area (Å²) in [6.45, 7) is 7.62. The van der Waals surface area contributed by atoms with Crippen molar-refractivity contribution in [3.8, 4) is 0 Å². The second-order valence-corrected chi connectivity index (χ2v) is 8.37. The Hall–Kier alpha value is -3.31. The predicted octanol–water partition coefficient (Wildman–Crippen LogP) is 4.13. The number of piperazine rings is 1. The number of amides is 1. The lowest BCUT2D eigenvalue weighted by molar-refractivity contribution is -0.121. The van der Waals surface area contributed by atoms with Gasteiger partial charge in [0.15, 0.2) is 0 Å². The molecule has 1 atom stereocenters. The van der Waals surface area contributed by atoms with E-state index in [-0.39, 0.29) is 11.9 Å². The number of carbonyl (C=O) groups excluding carboxylic acids is 1. The van der Waals surface area contributed by atoms with Crippen molar-refractivity contribution in [3.63, 3.8) is 0 Å². The van der Waals surface area contributed by atoms with Crippen molar-refractivity contribution < 1.29 is 4.79 Å². The van der Waals surface area contributed by atoms with Crippen molar-refractivity contribution in [2.75, 3.05) is 36.4 Å². The van der Waals surface area contributed by atoms with Crippen molar-refractivity contribution in [1.82, 2.24) is 10.2 Å². The highest BCUT2D eigenvalue weighted by atomic mass is 16.2. The summed E-state index contributed by atoms with van der Waals surface area (Å²) in [6.07, 6.45) is 0. The highest BCUT2D eigenvalue weighted by molar-refractivity contribution is 5.84. The Morgan fingerprint density at radius 1 is 0.812 bits per heavy atom. The van der Waals surface area contributed by atoms with Crippen LogP contribution in [0.15, 0.2) is 84.9 Å². The van der Waals surface area contributed by atoms with Gasteiger partial charge in [-0.1, -0.05) is 60.7 Å². The summed E-state index contributed by atoms with van der Waals surface area (Å²) in [5.74, 6) is -0.00697. The lowest BCUT2D eigenvalue weighted by atomic mass is 10.2. The van der Waals surface area contributed by atoms with Crippen LogP contribution in [-0.2, 0) is 17.9 Å². The van der Waals surface area contributed by atoms with Gasteiger partial charge in [0.25, 0.3) is 0 Å². The number of carbonyl (C=O) groups is 1. The first-order valence-corrected chi connectivity index (χ1v) is 11.4. The normalized spacial score (nSPS) is 15.2. The van der Waals surface area contributed by atoms with E-state index >= 15 is 0 Å². The second kappa shape index (κ2) is 10.8. The molecule has 1 fully saturated rings. The fraction of sp³-hybridized carbons (Fsp3) is 0.296. The van der Waals surface area contributed by atoms with E-state index < -0.39 is 0 Å². The Morgan fingerprint density at radius 2 is 1.41 bits per heavy atom. The number of hydrogen-bond acceptors (Lipinski definition) is 4. The van der Waals surface area contributed by atoms with Crippen LogP contribution in [0.25, 0.3) is 0 Å². The zero-order chi connectivity index (χ0) is 22.2. The molecule has 1 heterocycles. The summed E-state index contributed by atoms with van der Waals surface area (Å²) >= 11 is 0. The first-order chi connectivity index (χ1) is 15.7. The zero-order valence-corrected chi connectivity index (χ0v) is 18.7. The van der Waals surface area contributed by atoms with Gasteiger partial charge in [-0.3, -0.25) is 9.69 Å². The Morgan fingerprint density at radius 3 is 2.03 bits per heavy atom. The van der Waals surface area contributed by atoms with Crippen molar-refractivity contribution in [2.45, 2.75) is 26.1 Å². The average molecular weight is 429 g/mol. The molecule has 0 aromatic heterocycles. The molecule has 0 bridgehead atoms. The maximum absolute atomic E-state index is 12.4. The fourth-order valence-electron chi connectivity index (χ4n) is 4.03. The molecule has 0 radical (unpaired) electrons. The molecule has 1 amide bonds. The van der Waals surface area contributed by atoms with Crippen LogP contribution >= 0.6 is 0 Å². The van der Waals surface area contributed by atoms with E-state index in [1.165, 1.54) is 11.3 Å². The van der Waals surface area contributed by atoms with Crippen molar-refractivity contribution in [2.24, 2.45) is 0 Å². The summed E-state index contributed by atoms with van der Waals surface area (Å²) in [7, 11) is 0. The predicted molar refractivity (Wildman–Crippen MR) is 132 cm³/mol. The van der Waals surface area contributed by atoms with Crippen LogP contribution in [0.5, 0.6) is 0 Å². The molecule has 5 nitrogen and oxygen atoms in total. The van der Waals surface area contributed by atoms with Gasteiger partial charge in [0.2, 0.25) is 5.91 Å². The summed E-state index contributed by atoms with van der Waals surface area (Å²) in [5, 5.41) is 6.29. The van der Waals surface area contributed by atoms with Gasteiger partial charge in [-0.2, -0.15) is 0 Å². The molecule has 1 aliphatic heterocycles. The molecular weight excluding hydrogens is 396 g/mol. The van der Waals surface area contributed by atoms with Gasteiger partial charge in [-0.05, 0) is 42.3 Å². The molecule has 0 spiro atoms. The van der Waals surface area contributed by atoms with E-state index in [0.717, 1.165) is 44.0 Å². The molecule has 0 unspecified atom stereocenters. The van der Waals surface area contributed by atoms with Crippen LogP contribution in [0.1, 0.15) is 18.1 Å². The molecule has 5 heteroatoms. The van der Waals surface area contributed by atoms with Gasteiger partial charge in [0, 0.05) is 50.6 Å². The molecule has 1 aliphatic rings. The Balaban J connectivity index is 1.23. The molecule has 3 aromatic rings. The number of hydrogen-bond donors (Lipinski definition) is 2. The van der Waals surface area contributed by atoms with Crippen LogP contribution in [0.2, 0.25) is 0 Å². The highest BCUT2D eigenvalue weighted by Crippen LogP contribution is 2.20. The summed E-state index contributed by atoms with van der Waals surface area (Å²) in [5.41, 5.74) is 4.66. The smallest absolute Gasteiger partial charge is 0.242 e. The lowest BCUT2D eigenvalue weighted by Crippen LogP contribution is -2.45. The average Bonchev–Trinajstić information content (AvgIpc) is 2.85. The standard InChI is InChI=1S/C27H32N4O/c1-22(27(32)28-20-23-8-4-2-5-9-23)29-25-12-14-26(15-13-25)31-18-16-30(17-19-31)21-24-10-6-3-7-11-24/h2-15,22,29H,16-21H2,1H3,(H,28,32)/t22-/m0/s1. The lowest BCUT2D eigenvalue weighted by Gasteiger charge is -2.36. The maximum atomic E-state index is 12.4. The van der Waals surface area contributed by atoms with Gasteiger partial charge in [-0.15, -0.1) is 0 Å². The third-order valence-electron chi connectivity index (χ3n) is 5.94. The van der Waals surface area contributed by atoms with Crippen LogP contribution in [0.4, 0.5) is 11.4 Å². The van der Waals surface area contributed by atoms with Gasteiger partial charge in [0.1, 0.15) is 6.04 Å². The highest BCUT2D eigenvalue weighted by Gasteiger charge is 2.18. The summed E-state index contributed by atoms with van der Waals surface area (Å²) in [6, 6.07) is 28.7. The largest absolute Gasteiger partial charge is 0.374 e. The SMILES string of the molecule is C[C@H](Nc1ccc(N2CCN(Cc3ccccc3)CC2)cc1)C(=O)NCc1ccccc1. The molecule has 166 valence electrons. The van der Waals surface area contributed by atoms with E-state index in [4.69, 9.17) is 0 Å². The number of anilines is 2. The third kappa shape index (κ3) is 6.11. The Labute approximate surface area is 191 Å². The first kappa shape index (κ1) is 21.9. The Bertz CT molecular complexity index is 968. The van der Waals surface area contributed by atoms with Crippen molar-refractivity contribution >= 4 is 17.3 Å². The summed E-state index contributed by atoms with van der Waals surface area (Å²) in [4.78, 5) is 17.4. The minimum absolute atomic E-state index is 0.00697. The molecule has 1 saturated heterocycles. The minimum Gasteiger partial charge on any atom is -0.374 e.